The zero-order valence-corrected chi connectivity index (χ0v) is 12.4. The van der Waals surface area contributed by atoms with Gasteiger partial charge in [0.15, 0.2) is 5.69 Å². The van der Waals surface area contributed by atoms with Crippen LogP contribution in [0.15, 0.2) is 68.4 Å². The number of hydrogen-bond acceptors (Lipinski definition) is 3. The Morgan fingerprint density at radius 3 is 2.76 bits per heavy atom. The van der Waals surface area contributed by atoms with Gasteiger partial charge < -0.3 is 4.42 Å². The summed E-state index contributed by atoms with van der Waals surface area (Å²) in [5.41, 5.74) is 1.39. The zero-order chi connectivity index (χ0) is 14.4. The van der Waals surface area contributed by atoms with Crippen LogP contribution < -0.4 is 5.63 Å². The molecule has 4 rings (SSSR count). The lowest BCUT2D eigenvalue weighted by Gasteiger charge is -2.02. The van der Waals surface area contributed by atoms with Crippen LogP contribution in [0.3, 0.4) is 0 Å². The van der Waals surface area contributed by atoms with Crippen molar-refractivity contribution in [3.63, 3.8) is 0 Å². The minimum Gasteiger partial charge on any atom is -0.421 e. The lowest BCUT2D eigenvalue weighted by Crippen LogP contribution is -2.10. The summed E-state index contributed by atoms with van der Waals surface area (Å²) in [7, 11) is 0. The molecule has 0 saturated carbocycles. The second kappa shape index (κ2) is 4.56. The molecule has 0 radical (unpaired) electrons. The van der Waals surface area contributed by atoms with E-state index in [1.165, 1.54) is 0 Å². The molecular formula is C16H9BrN2O2. The molecular weight excluding hydrogens is 332 g/mol. The van der Waals surface area contributed by atoms with Crippen molar-refractivity contribution in [2.24, 2.45) is 0 Å². The van der Waals surface area contributed by atoms with E-state index >= 15 is 0 Å². The predicted octanol–water partition coefficient (Wildman–Crippen LogP) is 3.89. The van der Waals surface area contributed by atoms with E-state index in [0.717, 1.165) is 20.8 Å². The first-order valence-electron chi connectivity index (χ1n) is 6.39. The van der Waals surface area contributed by atoms with Crippen molar-refractivity contribution in [2.75, 3.05) is 0 Å². The van der Waals surface area contributed by atoms with Crippen LogP contribution in [0.4, 0.5) is 0 Å². The summed E-state index contributed by atoms with van der Waals surface area (Å²) in [4.78, 5) is 12.2. The summed E-state index contributed by atoms with van der Waals surface area (Å²) >= 11 is 3.42. The number of nitrogens with zero attached hydrogens (tertiary/aromatic N) is 2. The Hall–Kier alpha value is -2.40. The molecule has 21 heavy (non-hydrogen) atoms. The fraction of sp³-hybridized carbons (Fsp3) is 0. The van der Waals surface area contributed by atoms with Gasteiger partial charge in [0.1, 0.15) is 5.58 Å². The van der Waals surface area contributed by atoms with Gasteiger partial charge in [-0.15, -0.1) is 0 Å². The molecule has 0 aliphatic heterocycles. The van der Waals surface area contributed by atoms with Crippen LogP contribution in [-0.2, 0) is 0 Å². The van der Waals surface area contributed by atoms with E-state index in [0.29, 0.717) is 11.3 Å². The van der Waals surface area contributed by atoms with E-state index in [1.807, 2.05) is 42.6 Å². The summed E-state index contributed by atoms with van der Waals surface area (Å²) in [6.45, 7) is 0. The first-order chi connectivity index (χ1) is 10.2. The number of aromatic nitrogens is 2. The van der Waals surface area contributed by atoms with E-state index in [9.17, 15) is 4.79 Å². The van der Waals surface area contributed by atoms with Crippen LogP contribution in [0.5, 0.6) is 0 Å². The van der Waals surface area contributed by atoms with Gasteiger partial charge in [-0.25, -0.2) is 9.48 Å². The second-order valence-corrected chi connectivity index (χ2v) is 5.65. The Balaban J connectivity index is 2.00. The molecule has 102 valence electrons. The Morgan fingerprint density at radius 1 is 1.05 bits per heavy atom. The Morgan fingerprint density at radius 2 is 1.90 bits per heavy atom. The van der Waals surface area contributed by atoms with E-state index in [1.54, 1.807) is 16.8 Å². The van der Waals surface area contributed by atoms with Crippen LogP contribution in [0, 0.1) is 0 Å². The first kappa shape index (κ1) is 12.3. The molecule has 0 fully saturated rings. The topological polar surface area (TPSA) is 48.0 Å². The summed E-state index contributed by atoms with van der Waals surface area (Å²) in [5, 5.41) is 6.24. The molecule has 0 saturated heterocycles. The monoisotopic (exact) mass is 340 g/mol. The van der Waals surface area contributed by atoms with Crippen molar-refractivity contribution in [3.8, 4) is 5.69 Å². The molecule has 0 unspecified atom stereocenters. The summed E-state index contributed by atoms with van der Waals surface area (Å²) in [5.74, 6) is 0. The Labute approximate surface area is 127 Å². The van der Waals surface area contributed by atoms with Gasteiger partial charge in [0.2, 0.25) is 0 Å². The third kappa shape index (κ3) is 2.06. The quantitative estimate of drug-likeness (QED) is 0.494. The molecule has 2 aromatic heterocycles. The van der Waals surface area contributed by atoms with Crippen molar-refractivity contribution in [2.45, 2.75) is 0 Å². The predicted molar refractivity (Wildman–Crippen MR) is 84.8 cm³/mol. The van der Waals surface area contributed by atoms with Gasteiger partial charge in [-0.3, -0.25) is 0 Å². The fourth-order valence-corrected chi connectivity index (χ4v) is 2.71. The maximum Gasteiger partial charge on any atom is 0.362 e. The van der Waals surface area contributed by atoms with Crippen molar-refractivity contribution in [1.29, 1.82) is 0 Å². The molecule has 4 aromatic rings. The van der Waals surface area contributed by atoms with Crippen molar-refractivity contribution < 1.29 is 4.42 Å². The number of rotatable bonds is 1. The molecule has 0 atom stereocenters. The molecule has 4 nitrogen and oxygen atoms in total. The highest BCUT2D eigenvalue weighted by Crippen LogP contribution is 2.21. The summed E-state index contributed by atoms with van der Waals surface area (Å²) in [6, 6.07) is 15.0. The standard InChI is InChI=1S/C16H9BrN2O2/c17-12-5-6-15-11(7-12)8-14(16(20)21-15)19-9-10-3-1-2-4-13(10)18-19/h1-9H. The van der Waals surface area contributed by atoms with Gasteiger partial charge in [-0.2, -0.15) is 5.10 Å². The zero-order valence-electron chi connectivity index (χ0n) is 10.8. The first-order valence-corrected chi connectivity index (χ1v) is 7.18. The van der Waals surface area contributed by atoms with Gasteiger partial charge >= 0.3 is 5.63 Å². The van der Waals surface area contributed by atoms with Crippen LogP contribution in [0.2, 0.25) is 0 Å². The largest absolute Gasteiger partial charge is 0.421 e. The van der Waals surface area contributed by atoms with Gasteiger partial charge in [0.25, 0.3) is 0 Å². The van der Waals surface area contributed by atoms with Crippen molar-refractivity contribution in [3.05, 3.63) is 69.6 Å². The highest BCUT2D eigenvalue weighted by atomic mass is 79.9. The molecule has 0 spiro atoms. The normalized spacial score (nSPS) is 11.3. The number of fused-ring (bicyclic) bond motifs is 2. The minimum atomic E-state index is -0.405. The molecule has 5 heteroatoms. The molecule has 2 aromatic carbocycles. The van der Waals surface area contributed by atoms with Crippen molar-refractivity contribution >= 4 is 37.8 Å². The highest BCUT2D eigenvalue weighted by Gasteiger charge is 2.09. The van der Waals surface area contributed by atoms with E-state index in [2.05, 4.69) is 21.0 Å². The molecule has 0 N–H and O–H groups in total. The fourth-order valence-electron chi connectivity index (χ4n) is 2.33. The SMILES string of the molecule is O=c1oc2ccc(Br)cc2cc1-n1cc2ccccc2n1. The lowest BCUT2D eigenvalue weighted by atomic mass is 10.2. The van der Waals surface area contributed by atoms with E-state index < -0.39 is 5.63 Å². The van der Waals surface area contributed by atoms with Crippen LogP contribution in [-0.4, -0.2) is 9.78 Å². The number of benzene rings is 2. The molecule has 0 aliphatic carbocycles. The van der Waals surface area contributed by atoms with Gasteiger partial charge in [0.05, 0.1) is 5.52 Å². The second-order valence-electron chi connectivity index (χ2n) is 4.73. The summed E-state index contributed by atoms with van der Waals surface area (Å²) < 4.78 is 7.86. The van der Waals surface area contributed by atoms with Gasteiger partial charge in [-0.1, -0.05) is 34.1 Å². The number of halogens is 1. The van der Waals surface area contributed by atoms with Crippen molar-refractivity contribution in [1.82, 2.24) is 9.78 Å². The molecule has 0 aliphatic rings. The lowest BCUT2D eigenvalue weighted by molar-refractivity contribution is 0.552. The van der Waals surface area contributed by atoms with Gasteiger partial charge in [0, 0.05) is 21.4 Å². The Kier molecular flexibility index (Phi) is 2.68. The smallest absolute Gasteiger partial charge is 0.362 e. The minimum absolute atomic E-state index is 0.400. The number of hydrogen-bond donors (Lipinski definition) is 0. The van der Waals surface area contributed by atoms with Crippen LogP contribution >= 0.6 is 15.9 Å². The van der Waals surface area contributed by atoms with Crippen LogP contribution in [0.25, 0.3) is 27.6 Å². The molecule has 2 heterocycles. The van der Waals surface area contributed by atoms with E-state index in [4.69, 9.17) is 4.42 Å². The van der Waals surface area contributed by atoms with Crippen LogP contribution in [0.1, 0.15) is 0 Å². The molecule has 0 amide bonds. The maximum atomic E-state index is 12.2. The maximum absolute atomic E-state index is 12.2. The third-order valence-corrected chi connectivity index (χ3v) is 3.83. The Bertz CT molecular complexity index is 1000. The third-order valence-electron chi connectivity index (χ3n) is 3.34. The average molecular weight is 341 g/mol. The molecule has 0 bridgehead atoms. The average Bonchev–Trinajstić information content (AvgIpc) is 2.90. The van der Waals surface area contributed by atoms with E-state index in [-0.39, 0.29) is 0 Å². The summed E-state index contributed by atoms with van der Waals surface area (Å²) in [6.07, 6.45) is 1.82. The van der Waals surface area contributed by atoms with Gasteiger partial charge in [-0.05, 0) is 30.3 Å². The highest BCUT2D eigenvalue weighted by molar-refractivity contribution is 9.10.